The van der Waals surface area contributed by atoms with Crippen LogP contribution < -0.4 is 10.6 Å². The lowest BCUT2D eigenvalue weighted by atomic mass is 10.1. The third-order valence-corrected chi connectivity index (χ3v) is 4.78. The van der Waals surface area contributed by atoms with Gasteiger partial charge in [-0.1, -0.05) is 0 Å². The zero-order valence-corrected chi connectivity index (χ0v) is 13.7. The van der Waals surface area contributed by atoms with Gasteiger partial charge >= 0.3 is 6.18 Å². The lowest BCUT2D eigenvalue weighted by Crippen LogP contribution is -2.31. The second kappa shape index (κ2) is 6.67. The monoisotopic (exact) mass is 355 g/mol. The van der Waals surface area contributed by atoms with Gasteiger partial charge < -0.3 is 15.5 Å². The number of hydrogen-bond acceptors (Lipinski definition) is 3. The summed E-state index contributed by atoms with van der Waals surface area (Å²) < 4.78 is 39.7. The maximum absolute atomic E-state index is 13.2. The predicted molar refractivity (Wildman–Crippen MR) is 86.1 cm³/mol. The van der Waals surface area contributed by atoms with Gasteiger partial charge in [-0.25, -0.2) is 0 Å². The molecule has 0 bridgehead atoms. The van der Waals surface area contributed by atoms with E-state index in [4.69, 9.17) is 5.73 Å². The van der Waals surface area contributed by atoms with Gasteiger partial charge in [0, 0.05) is 37.3 Å². The highest BCUT2D eigenvalue weighted by Crippen LogP contribution is 2.34. The maximum Gasteiger partial charge on any atom is 0.416 e. The number of benzene rings is 1. The SMILES string of the molecule is NC[C@H]1CCN(C(=O)c2cc(N3CCCC3=O)cc(C(F)(F)F)c2)C1. The van der Waals surface area contributed by atoms with Crippen LogP contribution in [0.1, 0.15) is 35.2 Å². The van der Waals surface area contributed by atoms with E-state index in [0.29, 0.717) is 39.0 Å². The average molecular weight is 355 g/mol. The van der Waals surface area contributed by atoms with Gasteiger partial charge in [0.05, 0.1) is 5.56 Å². The first kappa shape index (κ1) is 17.7. The number of nitrogens with zero attached hydrogens (tertiary/aromatic N) is 2. The molecule has 2 aliphatic rings. The molecule has 2 N–H and O–H groups in total. The van der Waals surface area contributed by atoms with Crippen LogP contribution in [0.4, 0.5) is 18.9 Å². The number of nitrogens with two attached hydrogens (primary N) is 1. The fourth-order valence-electron chi connectivity index (χ4n) is 3.37. The van der Waals surface area contributed by atoms with Crippen molar-refractivity contribution in [3.05, 3.63) is 29.3 Å². The zero-order chi connectivity index (χ0) is 18.2. The Labute approximate surface area is 143 Å². The summed E-state index contributed by atoms with van der Waals surface area (Å²) in [4.78, 5) is 27.4. The number of anilines is 1. The van der Waals surface area contributed by atoms with Gasteiger partial charge in [0.15, 0.2) is 0 Å². The van der Waals surface area contributed by atoms with Crippen LogP contribution in [0.3, 0.4) is 0 Å². The summed E-state index contributed by atoms with van der Waals surface area (Å²) >= 11 is 0. The largest absolute Gasteiger partial charge is 0.416 e. The molecular weight excluding hydrogens is 335 g/mol. The predicted octanol–water partition coefficient (Wildman–Crippen LogP) is 2.25. The highest BCUT2D eigenvalue weighted by atomic mass is 19.4. The molecule has 2 fully saturated rings. The van der Waals surface area contributed by atoms with Crippen LogP contribution in [0.2, 0.25) is 0 Å². The second-order valence-corrected chi connectivity index (χ2v) is 6.56. The standard InChI is InChI=1S/C17H20F3N3O2/c18-17(19,20)13-6-12(16(25)22-5-3-11(9-21)10-22)7-14(8-13)23-4-1-2-15(23)24/h6-8,11H,1-5,9-10,21H2/t11-/m1/s1. The minimum Gasteiger partial charge on any atom is -0.338 e. The molecule has 25 heavy (non-hydrogen) atoms. The molecule has 136 valence electrons. The van der Waals surface area contributed by atoms with E-state index in [1.807, 2.05) is 0 Å². The number of amides is 2. The molecule has 1 atom stereocenters. The van der Waals surface area contributed by atoms with E-state index in [2.05, 4.69) is 0 Å². The van der Waals surface area contributed by atoms with Gasteiger partial charge in [-0.05, 0) is 43.5 Å². The number of halogens is 3. The first-order valence-corrected chi connectivity index (χ1v) is 8.31. The Morgan fingerprint density at radius 2 is 2.00 bits per heavy atom. The second-order valence-electron chi connectivity index (χ2n) is 6.56. The third kappa shape index (κ3) is 3.63. The smallest absolute Gasteiger partial charge is 0.338 e. The average Bonchev–Trinajstić information content (AvgIpc) is 3.21. The van der Waals surface area contributed by atoms with Crippen molar-refractivity contribution in [3.8, 4) is 0 Å². The summed E-state index contributed by atoms with van der Waals surface area (Å²) in [5, 5.41) is 0. The van der Waals surface area contributed by atoms with Gasteiger partial charge in [0.25, 0.3) is 5.91 Å². The topological polar surface area (TPSA) is 66.6 Å². The number of alkyl halides is 3. The van der Waals surface area contributed by atoms with Crippen LogP contribution in [-0.2, 0) is 11.0 Å². The normalized spacial score (nSPS) is 21.3. The Morgan fingerprint density at radius 1 is 1.24 bits per heavy atom. The van der Waals surface area contributed by atoms with Gasteiger partial charge in [0.2, 0.25) is 5.91 Å². The molecule has 0 unspecified atom stereocenters. The molecule has 2 saturated heterocycles. The fourth-order valence-corrected chi connectivity index (χ4v) is 3.37. The molecule has 0 saturated carbocycles. The molecule has 2 heterocycles. The van der Waals surface area contributed by atoms with Crippen molar-refractivity contribution in [3.63, 3.8) is 0 Å². The number of rotatable bonds is 3. The molecule has 2 aliphatic heterocycles. The van der Waals surface area contributed by atoms with Crippen molar-refractivity contribution in [2.24, 2.45) is 11.7 Å². The summed E-state index contributed by atoms with van der Waals surface area (Å²) in [7, 11) is 0. The molecule has 1 aromatic carbocycles. The van der Waals surface area contributed by atoms with Gasteiger partial charge in [-0.15, -0.1) is 0 Å². The van der Waals surface area contributed by atoms with Crippen LogP contribution in [0.15, 0.2) is 18.2 Å². The fraction of sp³-hybridized carbons (Fsp3) is 0.529. The van der Waals surface area contributed by atoms with Crippen molar-refractivity contribution in [2.45, 2.75) is 25.4 Å². The molecule has 2 amide bonds. The van der Waals surface area contributed by atoms with Crippen LogP contribution in [0, 0.1) is 5.92 Å². The number of likely N-dealkylation sites (tertiary alicyclic amines) is 1. The summed E-state index contributed by atoms with van der Waals surface area (Å²) in [5.74, 6) is -0.494. The highest BCUT2D eigenvalue weighted by molar-refractivity contribution is 5.99. The Balaban J connectivity index is 1.95. The highest BCUT2D eigenvalue weighted by Gasteiger charge is 2.35. The minimum atomic E-state index is -4.58. The number of carbonyl (C=O) groups excluding carboxylic acids is 2. The molecule has 0 aromatic heterocycles. The Bertz CT molecular complexity index is 690. The van der Waals surface area contributed by atoms with E-state index >= 15 is 0 Å². The minimum absolute atomic E-state index is 0.0396. The van der Waals surface area contributed by atoms with Gasteiger partial charge in [-0.3, -0.25) is 9.59 Å². The summed E-state index contributed by atoms with van der Waals surface area (Å²) in [5.41, 5.74) is 4.79. The lowest BCUT2D eigenvalue weighted by molar-refractivity contribution is -0.137. The van der Waals surface area contributed by atoms with Crippen molar-refractivity contribution in [1.82, 2.24) is 4.90 Å². The van der Waals surface area contributed by atoms with E-state index in [9.17, 15) is 22.8 Å². The van der Waals surface area contributed by atoms with Crippen LogP contribution >= 0.6 is 0 Å². The Kier molecular flexibility index (Phi) is 4.73. The molecule has 3 rings (SSSR count). The quantitative estimate of drug-likeness (QED) is 0.904. The van der Waals surface area contributed by atoms with Crippen LogP contribution in [0.5, 0.6) is 0 Å². The molecule has 5 nitrogen and oxygen atoms in total. The molecule has 0 spiro atoms. The first-order chi connectivity index (χ1) is 11.8. The summed E-state index contributed by atoms with van der Waals surface area (Å²) in [6, 6.07) is 3.19. The molecule has 0 radical (unpaired) electrons. The molecule has 8 heteroatoms. The molecule has 1 aromatic rings. The zero-order valence-electron chi connectivity index (χ0n) is 13.7. The van der Waals surface area contributed by atoms with E-state index in [0.717, 1.165) is 18.6 Å². The van der Waals surface area contributed by atoms with E-state index in [1.165, 1.54) is 15.9 Å². The first-order valence-electron chi connectivity index (χ1n) is 8.31. The van der Waals surface area contributed by atoms with Crippen molar-refractivity contribution in [2.75, 3.05) is 31.1 Å². The van der Waals surface area contributed by atoms with Crippen molar-refractivity contribution in [1.29, 1.82) is 0 Å². The maximum atomic E-state index is 13.2. The van der Waals surface area contributed by atoms with E-state index in [-0.39, 0.29) is 23.1 Å². The van der Waals surface area contributed by atoms with E-state index < -0.39 is 17.6 Å². The Morgan fingerprint density at radius 3 is 2.56 bits per heavy atom. The molecule has 0 aliphatic carbocycles. The van der Waals surface area contributed by atoms with Crippen LogP contribution in [-0.4, -0.2) is 42.9 Å². The number of carbonyl (C=O) groups is 2. The summed E-state index contributed by atoms with van der Waals surface area (Å²) in [6.45, 7) is 1.74. The molecular formula is C17H20F3N3O2. The van der Waals surface area contributed by atoms with Gasteiger partial charge in [0.1, 0.15) is 0 Å². The van der Waals surface area contributed by atoms with Gasteiger partial charge in [-0.2, -0.15) is 13.2 Å². The number of hydrogen-bond donors (Lipinski definition) is 1. The third-order valence-electron chi connectivity index (χ3n) is 4.78. The van der Waals surface area contributed by atoms with Crippen LogP contribution in [0.25, 0.3) is 0 Å². The lowest BCUT2D eigenvalue weighted by Gasteiger charge is -2.21. The summed E-state index contributed by atoms with van der Waals surface area (Å²) in [6.07, 6.45) is -2.93. The van der Waals surface area contributed by atoms with Crippen molar-refractivity contribution >= 4 is 17.5 Å². The van der Waals surface area contributed by atoms with E-state index in [1.54, 1.807) is 0 Å². The van der Waals surface area contributed by atoms with Crippen molar-refractivity contribution < 1.29 is 22.8 Å². The Hall–Kier alpha value is -2.09.